The summed E-state index contributed by atoms with van der Waals surface area (Å²) in [5.41, 5.74) is 4.83. The zero-order valence-electron chi connectivity index (χ0n) is 16.6. The summed E-state index contributed by atoms with van der Waals surface area (Å²) in [6, 6.07) is 13.0. The maximum Gasteiger partial charge on any atom is 0.274 e. The zero-order chi connectivity index (χ0) is 20.4. The average molecular weight is 390 g/mol. The molecule has 1 amide bonds. The Hall–Kier alpha value is -3.61. The van der Waals surface area contributed by atoms with Crippen molar-refractivity contribution in [2.75, 3.05) is 23.8 Å². The Balaban J connectivity index is 1.53. The van der Waals surface area contributed by atoms with Crippen molar-refractivity contribution in [2.45, 2.75) is 20.8 Å². The number of aromatic nitrogens is 2. The molecule has 0 saturated carbocycles. The molecule has 0 unspecified atom stereocenters. The van der Waals surface area contributed by atoms with Gasteiger partial charge in [-0.2, -0.15) is 0 Å². The van der Waals surface area contributed by atoms with Crippen LogP contribution in [0.1, 0.15) is 27.3 Å². The van der Waals surface area contributed by atoms with Crippen LogP contribution in [0.5, 0.6) is 11.5 Å². The third-order valence-corrected chi connectivity index (χ3v) is 4.65. The maximum atomic E-state index is 12.7. The van der Waals surface area contributed by atoms with Crippen LogP contribution < -0.4 is 20.1 Å². The first-order valence-corrected chi connectivity index (χ1v) is 9.39. The van der Waals surface area contributed by atoms with Crippen LogP contribution in [0.2, 0.25) is 0 Å². The Bertz CT molecular complexity index is 1080. The topological polar surface area (TPSA) is 85.4 Å². The van der Waals surface area contributed by atoms with Gasteiger partial charge in [-0.25, -0.2) is 9.97 Å². The van der Waals surface area contributed by atoms with Crippen molar-refractivity contribution in [2.24, 2.45) is 0 Å². The smallest absolute Gasteiger partial charge is 0.274 e. The number of hydrogen-bond donors (Lipinski definition) is 2. The fourth-order valence-corrected chi connectivity index (χ4v) is 3.01. The first-order valence-electron chi connectivity index (χ1n) is 9.39. The van der Waals surface area contributed by atoms with Gasteiger partial charge in [0.1, 0.15) is 18.9 Å². The summed E-state index contributed by atoms with van der Waals surface area (Å²) in [5, 5.41) is 6.02. The van der Waals surface area contributed by atoms with Crippen molar-refractivity contribution in [3.8, 4) is 11.5 Å². The van der Waals surface area contributed by atoms with E-state index in [1.54, 1.807) is 24.3 Å². The summed E-state index contributed by atoms with van der Waals surface area (Å²) in [6.07, 6.45) is 0. The molecule has 1 aliphatic heterocycles. The van der Waals surface area contributed by atoms with Crippen molar-refractivity contribution < 1.29 is 14.3 Å². The molecule has 1 aromatic heterocycles. The van der Waals surface area contributed by atoms with E-state index in [2.05, 4.69) is 27.5 Å². The normalized spacial score (nSPS) is 12.4. The van der Waals surface area contributed by atoms with E-state index >= 15 is 0 Å². The highest BCUT2D eigenvalue weighted by atomic mass is 16.6. The van der Waals surface area contributed by atoms with E-state index in [0.717, 1.165) is 5.69 Å². The van der Waals surface area contributed by atoms with E-state index in [1.807, 2.05) is 32.0 Å². The molecule has 4 rings (SSSR count). The van der Waals surface area contributed by atoms with Crippen LogP contribution in [0.4, 0.5) is 17.3 Å². The lowest BCUT2D eigenvalue weighted by atomic mass is 10.1. The number of anilines is 3. The number of amides is 1. The molecule has 0 aliphatic carbocycles. The van der Waals surface area contributed by atoms with Gasteiger partial charge in [0, 0.05) is 23.1 Å². The monoisotopic (exact) mass is 390 g/mol. The molecule has 2 N–H and O–H groups in total. The van der Waals surface area contributed by atoms with Crippen LogP contribution >= 0.6 is 0 Å². The number of fused-ring (bicyclic) bond motifs is 1. The molecule has 148 valence electrons. The lowest BCUT2D eigenvalue weighted by Crippen LogP contribution is -2.17. The molecule has 1 aliphatic rings. The van der Waals surface area contributed by atoms with Crippen LogP contribution in [0.15, 0.2) is 42.5 Å². The molecule has 2 aromatic carbocycles. The van der Waals surface area contributed by atoms with E-state index in [-0.39, 0.29) is 11.6 Å². The van der Waals surface area contributed by atoms with E-state index < -0.39 is 0 Å². The number of ether oxygens (including phenoxy) is 2. The van der Waals surface area contributed by atoms with Gasteiger partial charge in [-0.05, 0) is 62.2 Å². The summed E-state index contributed by atoms with van der Waals surface area (Å²) in [7, 11) is 0. The second-order valence-corrected chi connectivity index (χ2v) is 6.95. The van der Waals surface area contributed by atoms with Gasteiger partial charge in [-0.1, -0.05) is 6.07 Å². The Labute approximate surface area is 169 Å². The first kappa shape index (κ1) is 18.7. The first-order chi connectivity index (χ1) is 14.0. The number of nitrogens with zero attached hydrogens (tertiary/aromatic N) is 2. The van der Waals surface area contributed by atoms with Crippen molar-refractivity contribution >= 4 is 23.2 Å². The number of hydrogen-bond acceptors (Lipinski definition) is 6. The molecule has 0 atom stereocenters. The molecule has 0 radical (unpaired) electrons. The molecule has 7 heteroatoms. The molecule has 0 fully saturated rings. The largest absolute Gasteiger partial charge is 0.486 e. The van der Waals surface area contributed by atoms with Crippen molar-refractivity contribution in [1.82, 2.24) is 9.97 Å². The van der Waals surface area contributed by atoms with E-state index in [0.29, 0.717) is 42.0 Å². The molecule has 3 aromatic rings. The van der Waals surface area contributed by atoms with Gasteiger partial charge in [0.2, 0.25) is 5.95 Å². The van der Waals surface area contributed by atoms with Crippen LogP contribution in [-0.2, 0) is 0 Å². The lowest BCUT2D eigenvalue weighted by molar-refractivity contribution is 0.102. The summed E-state index contributed by atoms with van der Waals surface area (Å²) in [4.78, 5) is 21.5. The number of nitrogens with one attached hydrogen (secondary N) is 2. The van der Waals surface area contributed by atoms with Crippen LogP contribution in [0.25, 0.3) is 0 Å². The minimum Gasteiger partial charge on any atom is -0.486 e. The summed E-state index contributed by atoms with van der Waals surface area (Å²) < 4.78 is 11.1. The zero-order valence-corrected chi connectivity index (χ0v) is 16.6. The van der Waals surface area contributed by atoms with E-state index in [1.165, 1.54) is 11.1 Å². The minimum absolute atomic E-state index is 0.277. The number of carbonyl (C=O) groups excluding carboxylic acids is 1. The van der Waals surface area contributed by atoms with Crippen molar-refractivity contribution in [1.29, 1.82) is 0 Å². The van der Waals surface area contributed by atoms with Crippen molar-refractivity contribution in [3.05, 3.63) is 65.0 Å². The third-order valence-electron chi connectivity index (χ3n) is 4.65. The second-order valence-electron chi connectivity index (χ2n) is 6.95. The molecule has 0 spiro atoms. The number of rotatable bonds is 4. The number of benzene rings is 2. The predicted octanol–water partition coefficient (Wildman–Crippen LogP) is 4.17. The Morgan fingerprint density at radius 1 is 0.862 bits per heavy atom. The number of aryl methyl sites for hydroxylation is 3. The van der Waals surface area contributed by atoms with Gasteiger partial charge in [0.05, 0.1) is 0 Å². The Morgan fingerprint density at radius 3 is 2.41 bits per heavy atom. The van der Waals surface area contributed by atoms with E-state index in [4.69, 9.17) is 9.47 Å². The summed E-state index contributed by atoms with van der Waals surface area (Å²) in [6.45, 7) is 6.94. The fourth-order valence-electron chi connectivity index (χ4n) is 3.01. The molecule has 29 heavy (non-hydrogen) atoms. The third kappa shape index (κ3) is 4.29. The van der Waals surface area contributed by atoms with Gasteiger partial charge in [0.15, 0.2) is 11.5 Å². The van der Waals surface area contributed by atoms with Gasteiger partial charge < -0.3 is 20.1 Å². The van der Waals surface area contributed by atoms with Crippen LogP contribution in [0.3, 0.4) is 0 Å². The average Bonchev–Trinajstić information content (AvgIpc) is 2.70. The quantitative estimate of drug-likeness (QED) is 0.695. The highest BCUT2D eigenvalue weighted by molar-refractivity contribution is 6.03. The highest BCUT2D eigenvalue weighted by Crippen LogP contribution is 2.32. The van der Waals surface area contributed by atoms with Gasteiger partial charge >= 0.3 is 0 Å². The van der Waals surface area contributed by atoms with Gasteiger partial charge in [-0.3, -0.25) is 4.79 Å². The van der Waals surface area contributed by atoms with Crippen LogP contribution in [0, 0.1) is 20.8 Å². The minimum atomic E-state index is -0.324. The molecule has 0 saturated heterocycles. The fraction of sp³-hybridized carbons (Fsp3) is 0.227. The maximum absolute atomic E-state index is 12.7. The lowest BCUT2D eigenvalue weighted by Gasteiger charge is -2.19. The molecule has 2 heterocycles. The second kappa shape index (κ2) is 7.79. The molecular formula is C22H22N4O3. The van der Waals surface area contributed by atoms with E-state index in [9.17, 15) is 4.79 Å². The molecular weight excluding hydrogens is 368 g/mol. The molecule has 0 bridgehead atoms. The van der Waals surface area contributed by atoms with Crippen LogP contribution in [-0.4, -0.2) is 29.1 Å². The van der Waals surface area contributed by atoms with Gasteiger partial charge in [-0.15, -0.1) is 0 Å². The number of carbonyl (C=O) groups is 1. The summed E-state index contributed by atoms with van der Waals surface area (Å²) >= 11 is 0. The molecule has 7 nitrogen and oxygen atoms in total. The Morgan fingerprint density at radius 2 is 1.62 bits per heavy atom. The SMILES string of the molecule is Cc1cc(C(=O)Nc2ccc3c(c2)OCCO3)nc(Nc2ccc(C)c(C)c2)n1. The van der Waals surface area contributed by atoms with Crippen molar-refractivity contribution in [3.63, 3.8) is 0 Å². The predicted molar refractivity (Wildman–Crippen MR) is 111 cm³/mol. The Kier molecular flexibility index (Phi) is 5.03. The van der Waals surface area contributed by atoms with Gasteiger partial charge in [0.25, 0.3) is 5.91 Å². The standard InChI is InChI=1S/C22H22N4O3/c1-13-4-5-16(10-14(13)2)25-22-23-15(3)11-18(26-22)21(27)24-17-6-7-19-20(12-17)29-9-8-28-19/h4-7,10-12H,8-9H2,1-3H3,(H,24,27)(H,23,25,26). The highest BCUT2D eigenvalue weighted by Gasteiger charge is 2.15. The summed E-state index contributed by atoms with van der Waals surface area (Å²) in [5.74, 6) is 1.34.